The van der Waals surface area contributed by atoms with Crippen LogP contribution < -0.4 is 16.0 Å². The maximum absolute atomic E-state index is 12.3. The molecule has 2 aromatic carbocycles. The van der Waals surface area contributed by atoms with Crippen LogP contribution in [-0.4, -0.2) is 54.2 Å². The van der Waals surface area contributed by atoms with Crippen LogP contribution in [0, 0.1) is 5.92 Å². The number of carboxylic acids is 1. The van der Waals surface area contributed by atoms with Gasteiger partial charge >= 0.3 is 12.1 Å². The van der Waals surface area contributed by atoms with E-state index < -0.39 is 41.9 Å². The van der Waals surface area contributed by atoms with Crippen molar-refractivity contribution in [2.75, 3.05) is 13.2 Å². The van der Waals surface area contributed by atoms with E-state index in [0.29, 0.717) is 0 Å². The minimum Gasteiger partial charge on any atom is -0.481 e. The van der Waals surface area contributed by atoms with E-state index >= 15 is 0 Å². The lowest BCUT2D eigenvalue weighted by Crippen LogP contribution is -2.47. The number of carbonyl (C=O) groups excluding carboxylic acids is 3. The van der Waals surface area contributed by atoms with Crippen molar-refractivity contribution < 1.29 is 29.0 Å². The summed E-state index contributed by atoms with van der Waals surface area (Å²) in [4.78, 5) is 47.6. The van der Waals surface area contributed by atoms with E-state index in [-0.39, 0.29) is 25.5 Å². The molecule has 1 aliphatic carbocycles. The zero-order valence-corrected chi connectivity index (χ0v) is 18.0. The van der Waals surface area contributed by atoms with E-state index in [0.717, 1.165) is 22.3 Å². The molecule has 2 unspecified atom stereocenters. The SMILES string of the molecule is C[C@H](CC(=O)NC1C(=O)NCC1C(=O)O)NC(=O)OCC1c2ccccc2-c2ccccc21. The van der Waals surface area contributed by atoms with Gasteiger partial charge in [0.2, 0.25) is 11.8 Å². The summed E-state index contributed by atoms with van der Waals surface area (Å²) in [7, 11) is 0. The van der Waals surface area contributed by atoms with E-state index in [4.69, 9.17) is 9.84 Å². The topological polar surface area (TPSA) is 134 Å². The Morgan fingerprint density at radius 3 is 2.30 bits per heavy atom. The second-order valence-corrected chi connectivity index (χ2v) is 8.31. The van der Waals surface area contributed by atoms with Crippen LogP contribution in [0.5, 0.6) is 0 Å². The van der Waals surface area contributed by atoms with Crippen LogP contribution >= 0.6 is 0 Å². The Morgan fingerprint density at radius 2 is 1.70 bits per heavy atom. The van der Waals surface area contributed by atoms with E-state index in [1.54, 1.807) is 6.92 Å². The second-order valence-electron chi connectivity index (χ2n) is 8.31. The number of carboxylic acid groups (broad SMARTS) is 1. The fourth-order valence-corrected chi connectivity index (χ4v) is 4.42. The predicted octanol–water partition coefficient (Wildman–Crippen LogP) is 1.62. The van der Waals surface area contributed by atoms with Crippen molar-refractivity contribution in [3.05, 3.63) is 59.7 Å². The van der Waals surface area contributed by atoms with Gasteiger partial charge in [0.05, 0.1) is 0 Å². The van der Waals surface area contributed by atoms with Crippen LogP contribution in [-0.2, 0) is 19.1 Å². The number of carbonyl (C=O) groups is 4. The van der Waals surface area contributed by atoms with Gasteiger partial charge in [-0.2, -0.15) is 0 Å². The van der Waals surface area contributed by atoms with Gasteiger partial charge < -0.3 is 25.8 Å². The molecule has 2 aromatic rings. The Labute approximate surface area is 190 Å². The van der Waals surface area contributed by atoms with Crippen molar-refractivity contribution >= 4 is 23.9 Å². The number of aliphatic carboxylic acids is 1. The fraction of sp³-hybridized carbons (Fsp3) is 0.333. The molecule has 0 radical (unpaired) electrons. The number of hydrogen-bond acceptors (Lipinski definition) is 5. The van der Waals surface area contributed by atoms with E-state index in [1.165, 1.54) is 0 Å². The molecule has 33 heavy (non-hydrogen) atoms. The maximum atomic E-state index is 12.3. The number of fused-ring (bicyclic) bond motifs is 3. The van der Waals surface area contributed by atoms with Gasteiger partial charge in [-0.25, -0.2) is 4.79 Å². The minimum atomic E-state index is -1.16. The molecule has 0 saturated carbocycles. The molecule has 3 atom stereocenters. The third kappa shape index (κ3) is 4.67. The van der Waals surface area contributed by atoms with Gasteiger partial charge in [-0.3, -0.25) is 14.4 Å². The molecule has 3 amide bonds. The van der Waals surface area contributed by atoms with Crippen molar-refractivity contribution in [2.24, 2.45) is 5.92 Å². The Morgan fingerprint density at radius 1 is 1.09 bits per heavy atom. The van der Waals surface area contributed by atoms with Crippen LogP contribution in [0.2, 0.25) is 0 Å². The van der Waals surface area contributed by atoms with E-state index in [9.17, 15) is 19.2 Å². The van der Waals surface area contributed by atoms with Crippen LogP contribution in [0.4, 0.5) is 4.79 Å². The minimum absolute atomic E-state index is 0.0351. The summed E-state index contributed by atoms with van der Waals surface area (Å²) in [6.07, 6.45) is -0.778. The van der Waals surface area contributed by atoms with Gasteiger partial charge in [0, 0.05) is 24.9 Å². The first kappa shape index (κ1) is 22.3. The van der Waals surface area contributed by atoms with Crippen LogP contribution in [0.3, 0.4) is 0 Å². The molecule has 4 rings (SSSR count). The highest BCUT2D eigenvalue weighted by atomic mass is 16.5. The number of benzene rings is 2. The molecule has 172 valence electrons. The summed E-state index contributed by atoms with van der Waals surface area (Å²) < 4.78 is 5.47. The molecule has 4 N–H and O–H groups in total. The van der Waals surface area contributed by atoms with Gasteiger partial charge in [-0.1, -0.05) is 48.5 Å². The molecule has 1 heterocycles. The lowest BCUT2D eigenvalue weighted by atomic mass is 9.98. The molecule has 1 fully saturated rings. The van der Waals surface area contributed by atoms with Crippen LogP contribution in [0.25, 0.3) is 11.1 Å². The molecule has 9 nitrogen and oxygen atoms in total. The van der Waals surface area contributed by atoms with Crippen LogP contribution in [0.15, 0.2) is 48.5 Å². The third-order valence-electron chi connectivity index (χ3n) is 6.01. The molecule has 0 aromatic heterocycles. The van der Waals surface area contributed by atoms with Crippen LogP contribution in [0.1, 0.15) is 30.4 Å². The molecule has 9 heteroatoms. The summed E-state index contributed by atoms with van der Waals surface area (Å²) in [6.45, 7) is 1.75. The highest BCUT2D eigenvalue weighted by Gasteiger charge is 2.40. The second kappa shape index (κ2) is 9.32. The quantitative estimate of drug-likeness (QED) is 0.506. The third-order valence-corrected chi connectivity index (χ3v) is 6.01. The van der Waals surface area contributed by atoms with Gasteiger partial charge in [0.15, 0.2) is 0 Å². The molecule has 1 saturated heterocycles. The van der Waals surface area contributed by atoms with Crippen molar-refractivity contribution in [3.8, 4) is 11.1 Å². The number of amides is 3. The van der Waals surface area contributed by atoms with Crippen molar-refractivity contribution in [1.82, 2.24) is 16.0 Å². The summed E-state index contributed by atoms with van der Waals surface area (Å²) in [5, 5.41) is 16.6. The number of hydrogen-bond donors (Lipinski definition) is 4. The molecule has 1 aliphatic heterocycles. The summed E-state index contributed by atoms with van der Waals surface area (Å²) >= 11 is 0. The van der Waals surface area contributed by atoms with Gasteiger partial charge in [-0.05, 0) is 29.2 Å². The number of alkyl carbamates (subject to hydrolysis) is 1. The summed E-state index contributed by atoms with van der Waals surface area (Å²) in [6, 6.07) is 14.3. The highest BCUT2D eigenvalue weighted by Crippen LogP contribution is 2.44. The van der Waals surface area contributed by atoms with Crippen molar-refractivity contribution in [1.29, 1.82) is 0 Å². The Hall–Kier alpha value is -3.88. The van der Waals surface area contributed by atoms with E-state index in [1.807, 2.05) is 36.4 Å². The first-order valence-electron chi connectivity index (χ1n) is 10.8. The fourth-order valence-electron chi connectivity index (χ4n) is 4.42. The van der Waals surface area contributed by atoms with E-state index in [2.05, 4.69) is 28.1 Å². The predicted molar refractivity (Wildman–Crippen MR) is 118 cm³/mol. The smallest absolute Gasteiger partial charge is 0.407 e. The standard InChI is InChI=1S/C24H25N3O6/c1-13(10-20(28)27-21-18(23(30)31)11-25-22(21)29)26-24(32)33-12-19-16-8-4-2-6-14(16)15-7-3-5-9-17(15)19/h2-9,13,18-19,21H,10-12H2,1H3,(H,25,29)(H,26,32)(H,27,28)(H,30,31)/t13-,18?,21?/m1/s1. The number of nitrogens with one attached hydrogen (secondary N) is 3. The zero-order chi connectivity index (χ0) is 23.5. The molecule has 0 spiro atoms. The molecular formula is C24H25N3O6. The summed E-state index contributed by atoms with van der Waals surface area (Å²) in [5.41, 5.74) is 4.45. The largest absolute Gasteiger partial charge is 0.481 e. The lowest BCUT2D eigenvalue weighted by molar-refractivity contribution is -0.143. The zero-order valence-electron chi connectivity index (χ0n) is 18.0. The Kier molecular flexibility index (Phi) is 6.30. The molecule has 2 aliphatic rings. The molecular weight excluding hydrogens is 426 g/mol. The molecule has 0 bridgehead atoms. The summed E-state index contributed by atoms with van der Waals surface area (Å²) in [5.74, 6) is -3.33. The first-order valence-corrected chi connectivity index (χ1v) is 10.8. The normalized spacial score (nSPS) is 19.7. The van der Waals surface area contributed by atoms with Gasteiger partial charge in [-0.15, -0.1) is 0 Å². The number of ether oxygens (including phenoxy) is 1. The van der Waals surface area contributed by atoms with Gasteiger partial charge in [0.1, 0.15) is 18.6 Å². The Bertz CT molecular complexity index is 1060. The maximum Gasteiger partial charge on any atom is 0.407 e. The van der Waals surface area contributed by atoms with Crippen molar-refractivity contribution in [2.45, 2.75) is 31.3 Å². The first-order chi connectivity index (χ1) is 15.8. The lowest BCUT2D eigenvalue weighted by Gasteiger charge is -2.19. The average molecular weight is 451 g/mol. The average Bonchev–Trinajstić information content (AvgIpc) is 3.30. The monoisotopic (exact) mass is 451 g/mol. The van der Waals surface area contributed by atoms with Crippen molar-refractivity contribution in [3.63, 3.8) is 0 Å². The highest BCUT2D eigenvalue weighted by molar-refractivity contribution is 5.94. The number of rotatable bonds is 7. The van der Waals surface area contributed by atoms with Gasteiger partial charge in [0.25, 0.3) is 0 Å². The Balaban J connectivity index is 1.29.